The molecule has 124 valence electrons. The van der Waals surface area contributed by atoms with Crippen molar-refractivity contribution in [2.24, 2.45) is 0 Å². The molecule has 2 atom stereocenters. The number of hydrogen-bond donors (Lipinski definition) is 1. The fourth-order valence-corrected chi connectivity index (χ4v) is 4.04. The maximum atomic E-state index is 13.9. The molecule has 6 heteroatoms. The predicted octanol–water partition coefficient (Wildman–Crippen LogP) is 3.76. The Balaban J connectivity index is 1.43. The summed E-state index contributed by atoms with van der Waals surface area (Å²) in [5.74, 6) is 0.203. The molecule has 3 aromatic heterocycles. The van der Waals surface area contributed by atoms with E-state index in [1.807, 2.05) is 17.2 Å². The molecular formula is C18H19FN4S. The van der Waals surface area contributed by atoms with Gasteiger partial charge in [0.25, 0.3) is 0 Å². The summed E-state index contributed by atoms with van der Waals surface area (Å²) in [7, 11) is 0. The molecule has 0 aliphatic carbocycles. The Hall–Kier alpha value is -2.05. The van der Waals surface area contributed by atoms with Gasteiger partial charge < -0.3 is 10.2 Å². The van der Waals surface area contributed by atoms with E-state index in [9.17, 15) is 4.39 Å². The third-order valence-electron chi connectivity index (χ3n) is 4.54. The van der Waals surface area contributed by atoms with Crippen LogP contribution in [-0.4, -0.2) is 29.1 Å². The second-order valence-electron chi connectivity index (χ2n) is 6.20. The van der Waals surface area contributed by atoms with Crippen LogP contribution < -0.4 is 10.2 Å². The molecule has 0 bridgehead atoms. The summed E-state index contributed by atoms with van der Waals surface area (Å²) >= 11 is 1.71. The molecule has 0 aromatic carbocycles. The minimum absolute atomic E-state index is 0.211. The first-order valence-electron chi connectivity index (χ1n) is 8.15. The highest BCUT2D eigenvalue weighted by Crippen LogP contribution is 2.25. The van der Waals surface area contributed by atoms with Crippen LogP contribution in [0.1, 0.15) is 24.9 Å². The smallest absolute Gasteiger partial charge is 0.165 e. The molecule has 0 spiro atoms. The van der Waals surface area contributed by atoms with E-state index in [0.29, 0.717) is 11.9 Å². The number of thiophene rings is 1. The van der Waals surface area contributed by atoms with Crippen molar-refractivity contribution in [2.75, 3.05) is 18.0 Å². The second kappa shape index (κ2) is 6.45. The summed E-state index contributed by atoms with van der Waals surface area (Å²) in [4.78, 5) is 10.7. The van der Waals surface area contributed by atoms with Gasteiger partial charge in [-0.3, -0.25) is 4.98 Å². The van der Waals surface area contributed by atoms with Crippen molar-refractivity contribution in [2.45, 2.75) is 25.4 Å². The molecule has 4 heterocycles. The number of pyridine rings is 2. The minimum atomic E-state index is -0.251. The van der Waals surface area contributed by atoms with Crippen LogP contribution in [0.5, 0.6) is 0 Å². The van der Waals surface area contributed by atoms with Gasteiger partial charge in [-0.1, -0.05) is 0 Å². The molecule has 1 aliphatic heterocycles. The van der Waals surface area contributed by atoms with E-state index >= 15 is 0 Å². The maximum Gasteiger partial charge on any atom is 0.165 e. The molecule has 0 amide bonds. The molecular weight excluding hydrogens is 323 g/mol. The Morgan fingerprint density at radius 3 is 3.17 bits per heavy atom. The van der Waals surface area contributed by atoms with E-state index in [1.165, 1.54) is 16.3 Å². The maximum absolute atomic E-state index is 13.9. The van der Waals surface area contributed by atoms with Gasteiger partial charge in [-0.25, -0.2) is 9.37 Å². The van der Waals surface area contributed by atoms with Crippen molar-refractivity contribution in [1.29, 1.82) is 0 Å². The number of nitrogens with zero attached hydrogens (tertiary/aromatic N) is 3. The molecule has 0 unspecified atom stereocenters. The average molecular weight is 342 g/mol. The van der Waals surface area contributed by atoms with E-state index in [0.717, 1.165) is 25.0 Å². The Bertz CT molecular complexity index is 850. The highest BCUT2D eigenvalue weighted by Gasteiger charge is 2.26. The van der Waals surface area contributed by atoms with Gasteiger partial charge in [-0.05, 0) is 48.6 Å². The zero-order valence-corrected chi connectivity index (χ0v) is 14.3. The number of hydrogen-bond acceptors (Lipinski definition) is 5. The van der Waals surface area contributed by atoms with Gasteiger partial charge in [0.2, 0.25) is 0 Å². The zero-order chi connectivity index (χ0) is 16.5. The third-order valence-corrected chi connectivity index (χ3v) is 5.39. The molecule has 1 N–H and O–H groups in total. The lowest BCUT2D eigenvalue weighted by Gasteiger charge is -2.21. The number of anilines is 1. The number of aromatic nitrogens is 2. The van der Waals surface area contributed by atoms with Crippen LogP contribution in [-0.2, 0) is 0 Å². The summed E-state index contributed by atoms with van der Waals surface area (Å²) in [6, 6.07) is 7.87. The van der Waals surface area contributed by atoms with E-state index in [4.69, 9.17) is 0 Å². The zero-order valence-electron chi connectivity index (χ0n) is 13.4. The summed E-state index contributed by atoms with van der Waals surface area (Å²) in [5, 5.41) is 5.71. The van der Waals surface area contributed by atoms with Crippen molar-refractivity contribution in [3.63, 3.8) is 0 Å². The third kappa shape index (κ3) is 2.99. The number of nitrogens with one attached hydrogen (secondary N) is 1. The van der Waals surface area contributed by atoms with Crippen LogP contribution in [0.25, 0.3) is 10.2 Å². The van der Waals surface area contributed by atoms with Crippen molar-refractivity contribution < 1.29 is 4.39 Å². The van der Waals surface area contributed by atoms with Crippen LogP contribution in [0.4, 0.5) is 10.2 Å². The van der Waals surface area contributed by atoms with Crippen molar-refractivity contribution in [3.05, 3.63) is 53.4 Å². The van der Waals surface area contributed by atoms with Gasteiger partial charge >= 0.3 is 0 Å². The van der Waals surface area contributed by atoms with Gasteiger partial charge in [-0.2, -0.15) is 0 Å². The Morgan fingerprint density at radius 1 is 1.38 bits per heavy atom. The fourth-order valence-electron chi connectivity index (χ4n) is 3.25. The summed E-state index contributed by atoms with van der Waals surface area (Å²) < 4.78 is 15.1. The fraction of sp³-hybridized carbons (Fsp3) is 0.333. The molecule has 3 aromatic rings. The summed E-state index contributed by atoms with van der Waals surface area (Å²) in [5.41, 5.74) is 2.24. The predicted molar refractivity (Wildman–Crippen MR) is 96.0 cm³/mol. The molecule has 1 fully saturated rings. The lowest BCUT2D eigenvalue weighted by atomic mass is 10.1. The van der Waals surface area contributed by atoms with Gasteiger partial charge in [0.1, 0.15) is 0 Å². The average Bonchev–Trinajstić information content (AvgIpc) is 3.23. The molecule has 0 saturated carbocycles. The topological polar surface area (TPSA) is 41.0 Å². The van der Waals surface area contributed by atoms with Crippen LogP contribution in [0.2, 0.25) is 0 Å². The van der Waals surface area contributed by atoms with Gasteiger partial charge in [0.05, 0.1) is 10.2 Å². The Labute approximate surface area is 144 Å². The van der Waals surface area contributed by atoms with E-state index < -0.39 is 0 Å². The largest absolute Gasteiger partial charge is 0.353 e. The van der Waals surface area contributed by atoms with Crippen LogP contribution in [0.15, 0.2) is 42.0 Å². The minimum Gasteiger partial charge on any atom is -0.353 e. The van der Waals surface area contributed by atoms with E-state index in [2.05, 4.69) is 33.7 Å². The first kappa shape index (κ1) is 15.5. The van der Waals surface area contributed by atoms with Crippen LogP contribution >= 0.6 is 11.3 Å². The number of fused-ring (bicyclic) bond motifs is 1. The van der Waals surface area contributed by atoms with E-state index in [1.54, 1.807) is 23.6 Å². The summed E-state index contributed by atoms with van der Waals surface area (Å²) in [6.07, 6.45) is 4.57. The van der Waals surface area contributed by atoms with Crippen molar-refractivity contribution >= 4 is 27.4 Å². The summed E-state index contributed by atoms with van der Waals surface area (Å²) in [6.45, 7) is 3.74. The van der Waals surface area contributed by atoms with E-state index in [-0.39, 0.29) is 11.9 Å². The highest BCUT2D eigenvalue weighted by atomic mass is 32.1. The molecule has 1 aliphatic rings. The first-order valence-corrected chi connectivity index (χ1v) is 9.03. The Morgan fingerprint density at radius 2 is 2.29 bits per heavy atom. The Kier molecular flexibility index (Phi) is 4.16. The van der Waals surface area contributed by atoms with Crippen LogP contribution in [0, 0.1) is 5.82 Å². The standard InChI is InChI=1S/C18H19FN4S/c1-12(13-9-17-16(21-10-13)5-8-24-17)22-14-4-7-23(11-14)18-15(19)3-2-6-20-18/h2-3,5-6,8-10,12,14,22H,4,7,11H2,1H3/t12-,14-/m1/s1. The van der Waals surface area contributed by atoms with Crippen molar-refractivity contribution in [1.82, 2.24) is 15.3 Å². The lowest BCUT2D eigenvalue weighted by Crippen LogP contribution is -2.34. The molecule has 1 saturated heterocycles. The monoisotopic (exact) mass is 342 g/mol. The molecule has 24 heavy (non-hydrogen) atoms. The SMILES string of the molecule is C[C@@H](N[C@@H]1CCN(c2ncccc2F)C1)c1cnc2ccsc2c1. The number of rotatable bonds is 4. The lowest BCUT2D eigenvalue weighted by molar-refractivity contribution is 0.480. The number of halogens is 1. The molecule has 4 rings (SSSR count). The highest BCUT2D eigenvalue weighted by molar-refractivity contribution is 7.17. The first-order chi connectivity index (χ1) is 11.7. The molecule has 4 nitrogen and oxygen atoms in total. The van der Waals surface area contributed by atoms with Crippen LogP contribution in [0.3, 0.4) is 0 Å². The second-order valence-corrected chi connectivity index (χ2v) is 7.15. The van der Waals surface area contributed by atoms with Gasteiger partial charge in [0, 0.05) is 37.6 Å². The quantitative estimate of drug-likeness (QED) is 0.784. The van der Waals surface area contributed by atoms with Gasteiger partial charge in [0.15, 0.2) is 11.6 Å². The van der Waals surface area contributed by atoms with Gasteiger partial charge in [-0.15, -0.1) is 11.3 Å². The van der Waals surface area contributed by atoms with Crippen molar-refractivity contribution in [3.8, 4) is 0 Å². The normalized spacial score (nSPS) is 19.1. The molecule has 0 radical (unpaired) electrons.